The van der Waals surface area contributed by atoms with Crippen LogP contribution in [-0.2, 0) is 20.6 Å². The number of likely N-dealkylation sites (tertiary alicyclic amines) is 1. The number of amides is 1. The number of aromatic nitrogens is 3. The van der Waals surface area contributed by atoms with Crippen LogP contribution in [0, 0.1) is 0 Å². The molecule has 3 aromatic rings. The van der Waals surface area contributed by atoms with Crippen molar-refractivity contribution in [2.45, 2.75) is 43.3 Å². The number of aryl methyl sites for hydroxylation is 1. The fraction of sp³-hybridized carbons (Fsp3) is 0.375. The Morgan fingerprint density at radius 2 is 1.88 bits per heavy atom. The third-order valence-corrected chi connectivity index (χ3v) is 8.65. The van der Waals surface area contributed by atoms with Gasteiger partial charge in [0.05, 0.1) is 29.8 Å². The van der Waals surface area contributed by atoms with E-state index in [0.29, 0.717) is 12.4 Å². The van der Waals surface area contributed by atoms with E-state index < -0.39 is 28.1 Å². The summed E-state index contributed by atoms with van der Waals surface area (Å²) < 4.78 is 7.75. The van der Waals surface area contributed by atoms with Crippen molar-refractivity contribution in [3.8, 4) is 17.1 Å². The molecule has 1 aliphatic carbocycles. The number of carbonyl (C=O) groups is 1. The highest BCUT2D eigenvalue weighted by atomic mass is 35.5. The van der Waals surface area contributed by atoms with Crippen molar-refractivity contribution in [2.24, 2.45) is 14.1 Å². The molecule has 1 aliphatic heterocycles. The molecule has 2 aliphatic rings. The topological polar surface area (TPSA) is 119 Å². The Hall–Kier alpha value is -3.99. The smallest absolute Gasteiger partial charge is 0.330 e. The monoisotopic (exact) mass is 605 g/mol. The van der Waals surface area contributed by atoms with Crippen LogP contribution in [0.5, 0.6) is 5.88 Å². The Balaban J connectivity index is 1.37. The first kappa shape index (κ1) is 30.5. The number of benzene rings is 1. The molecule has 0 saturated carbocycles. The number of allylic oxidation sites excluding steroid dienone is 2. The van der Waals surface area contributed by atoms with Gasteiger partial charge in [0.2, 0.25) is 5.88 Å². The Morgan fingerprint density at radius 3 is 2.60 bits per heavy atom. The Bertz CT molecular complexity index is 1720. The predicted octanol–water partition coefficient (Wildman–Crippen LogP) is 2.86. The lowest BCUT2D eigenvalue weighted by Crippen LogP contribution is -2.50. The molecule has 10 nitrogen and oxygen atoms in total. The average molecular weight is 606 g/mol. The van der Waals surface area contributed by atoms with Crippen LogP contribution in [0.2, 0.25) is 0 Å². The molecule has 3 heterocycles. The molecule has 0 spiro atoms. The molecule has 43 heavy (non-hydrogen) atoms. The van der Waals surface area contributed by atoms with E-state index >= 15 is 0 Å². The van der Waals surface area contributed by atoms with Gasteiger partial charge in [-0.3, -0.25) is 19.1 Å². The number of halogens is 1. The van der Waals surface area contributed by atoms with Crippen molar-refractivity contribution < 1.29 is 14.6 Å². The van der Waals surface area contributed by atoms with Crippen LogP contribution >= 0.6 is 11.6 Å². The summed E-state index contributed by atoms with van der Waals surface area (Å²) in [4.78, 5) is 43.9. The predicted molar refractivity (Wildman–Crippen MR) is 166 cm³/mol. The van der Waals surface area contributed by atoms with Crippen molar-refractivity contribution in [1.82, 2.24) is 24.3 Å². The second-order valence-electron chi connectivity index (χ2n) is 11.2. The summed E-state index contributed by atoms with van der Waals surface area (Å²) in [6, 6.07) is 11.2. The molecule has 2 atom stereocenters. The van der Waals surface area contributed by atoms with Crippen LogP contribution in [-0.4, -0.2) is 67.3 Å². The lowest BCUT2D eigenvalue weighted by atomic mass is 9.83. The minimum Gasteiger partial charge on any atom is -0.481 e. The fourth-order valence-corrected chi connectivity index (χ4v) is 5.91. The van der Waals surface area contributed by atoms with Gasteiger partial charge in [0.15, 0.2) is 0 Å². The number of nitrogens with zero attached hydrogens (tertiary/aromatic N) is 4. The SMILES string of the molecule is COc1nc(-c2cccc(C3=CC=CC(NC(=O)c4cn(C)c(=O)n(C)c4=O)C3(C)Cl)c2)ccc1CN1CCC(O)CC1. The number of rotatable bonds is 7. The van der Waals surface area contributed by atoms with Gasteiger partial charge in [-0.2, -0.15) is 0 Å². The maximum Gasteiger partial charge on any atom is 0.330 e. The van der Waals surface area contributed by atoms with Crippen LogP contribution in [0.25, 0.3) is 16.8 Å². The summed E-state index contributed by atoms with van der Waals surface area (Å²) in [7, 11) is 4.43. The van der Waals surface area contributed by atoms with Crippen molar-refractivity contribution >= 4 is 23.1 Å². The van der Waals surface area contributed by atoms with E-state index in [4.69, 9.17) is 21.3 Å². The molecule has 2 unspecified atom stereocenters. The number of pyridine rings is 1. The first-order chi connectivity index (χ1) is 20.5. The molecular weight excluding hydrogens is 570 g/mol. The van der Waals surface area contributed by atoms with E-state index in [-0.39, 0.29) is 11.7 Å². The van der Waals surface area contributed by atoms with Crippen LogP contribution < -0.4 is 21.3 Å². The number of methoxy groups -OCH3 is 1. The zero-order chi connectivity index (χ0) is 30.9. The normalized spacial score (nSPS) is 21.0. The summed E-state index contributed by atoms with van der Waals surface area (Å²) in [6.45, 7) is 4.18. The molecule has 2 N–H and O–H groups in total. The number of nitrogens with one attached hydrogen (secondary N) is 1. The number of carbonyl (C=O) groups excluding carboxylic acids is 1. The summed E-state index contributed by atoms with van der Waals surface area (Å²) >= 11 is 7.14. The summed E-state index contributed by atoms with van der Waals surface area (Å²) in [5, 5.41) is 12.7. The Kier molecular flexibility index (Phi) is 8.73. The van der Waals surface area contributed by atoms with E-state index in [2.05, 4.69) is 10.2 Å². The highest BCUT2D eigenvalue weighted by molar-refractivity contribution is 6.31. The zero-order valence-corrected chi connectivity index (χ0v) is 25.5. The van der Waals surface area contributed by atoms with Crippen LogP contribution in [0.4, 0.5) is 0 Å². The van der Waals surface area contributed by atoms with Gasteiger partial charge in [-0.15, -0.1) is 11.6 Å². The van der Waals surface area contributed by atoms with Gasteiger partial charge in [-0.1, -0.05) is 42.5 Å². The molecule has 11 heteroatoms. The fourth-order valence-electron chi connectivity index (χ4n) is 5.61. The molecule has 226 valence electrons. The standard InChI is InChI=1S/C32H36ClN5O5/c1-32(33)25(9-6-10-27(32)35-28(40)24-19-36(2)31(42)37(3)30(24)41)20-7-5-8-21(17-20)26-12-11-22(29(34-26)43-4)18-38-15-13-23(39)14-16-38/h5-12,17,19,23,27,39H,13-16,18H2,1-4H3,(H,35,40). The van der Waals surface area contributed by atoms with Gasteiger partial charge in [-0.05, 0) is 43.0 Å². The molecule has 1 fully saturated rings. The Morgan fingerprint density at radius 1 is 1.16 bits per heavy atom. The van der Waals surface area contributed by atoms with E-state index in [1.165, 1.54) is 24.9 Å². The van der Waals surface area contributed by atoms with Crippen molar-refractivity contribution in [3.05, 3.63) is 98.4 Å². The van der Waals surface area contributed by atoms with E-state index in [1.807, 2.05) is 55.5 Å². The number of piperidine rings is 1. The molecule has 0 radical (unpaired) electrons. The second-order valence-corrected chi connectivity index (χ2v) is 12.0. The first-order valence-electron chi connectivity index (χ1n) is 14.2. The highest BCUT2D eigenvalue weighted by Gasteiger charge is 2.38. The highest BCUT2D eigenvalue weighted by Crippen LogP contribution is 2.40. The maximum atomic E-state index is 13.2. The van der Waals surface area contributed by atoms with Crippen molar-refractivity contribution in [2.75, 3.05) is 20.2 Å². The summed E-state index contributed by atoms with van der Waals surface area (Å²) in [6.07, 6.45) is 8.05. The van der Waals surface area contributed by atoms with Crippen LogP contribution in [0.1, 0.15) is 41.3 Å². The number of hydrogen-bond donors (Lipinski definition) is 2. The second kappa shape index (κ2) is 12.3. The van der Waals surface area contributed by atoms with Gasteiger partial charge in [0.25, 0.3) is 11.5 Å². The van der Waals surface area contributed by atoms with E-state index in [9.17, 15) is 19.5 Å². The van der Waals surface area contributed by atoms with Gasteiger partial charge in [0.1, 0.15) is 5.56 Å². The number of aliphatic hydroxyl groups is 1. The largest absolute Gasteiger partial charge is 0.481 e. The minimum atomic E-state index is -1.05. The van der Waals surface area contributed by atoms with Crippen LogP contribution in [0.15, 0.2) is 70.4 Å². The molecule has 1 amide bonds. The summed E-state index contributed by atoms with van der Waals surface area (Å²) in [5.41, 5.74) is 2.90. The minimum absolute atomic E-state index is 0.148. The molecular formula is C32H36ClN5O5. The van der Waals surface area contributed by atoms with Crippen molar-refractivity contribution in [3.63, 3.8) is 0 Å². The lowest BCUT2D eigenvalue weighted by molar-refractivity contribution is 0.0788. The van der Waals surface area contributed by atoms with Gasteiger partial charge >= 0.3 is 5.69 Å². The number of hydrogen-bond acceptors (Lipinski definition) is 7. The molecule has 0 bridgehead atoms. The van der Waals surface area contributed by atoms with Crippen LogP contribution in [0.3, 0.4) is 0 Å². The number of aliphatic hydroxyl groups excluding tert-OH is 1. The first-order valence-corrected chi connectivity index (χ1v) is 14.6. The van der Waals surface area contributed by atoms with Gasteiger partial charge in [-0.25, -0.2) is 9.78 Å². The molecule has 1 aromatic carbocycles. The van der Waals surface area contributed by atoms with E-state index in [0.717, 1.165) is 58.5 Å². The third-order valence-electron chi connectivity index (χ3n) is 8.21. The maximum absolute atomic E-state index is 13.2. The van der Waals surface area contributed by atoms with Crippen molar-refractivity contribution in [1.29, 1.82) is 0 Å². The number of alkyl halides is 1. The number of ether oxygens (including phenoxy) is 1. The van der Waals surface area contributed by atoms with Gasteiger partial charge in [0, 0.05) is 51.1 Å². The average Bonchev–Trinajstić information content (AvgIpc) is 3.00. The lowest BCUT2D eigenvalue weighted by Gasteiger charge is -2.35. The molecule has 1 saturated heterocycles. The quantitative estimate of drug-likeness (QED) is 0.398. The Labute approximate surface area is 254 Å². The zero-order valence-electron chi connectivity index (χ0n) is 24.7. The van der Waals surface area contributed by atoms with Gasteiger partial charge < -0.3 is 19.7 Å². The van der Waals surface area contributed by atoms with E-state index in [1.54, 1.807) is 13.2 Å². The molecule has 2 aromatic heterocycles. The summed E-state index contributed by atoms with van der Waals surface area (Å²) in [5.74, 6) is -0.0619. The third kappa shape index (κ3) is 6.22. The molecule has 5 rings (SSSR count).